The summed E-state index contributed by atoms with van der Waals surface area (Å²) in [5.41, 5.74) is 7.41. The van der Waals surface area contributed by atoms with Crippen molar-refractivity contribution < 1.29 is 4.74 Å². The molecule has 0 fully saturated rings. The zero-order valence-corrected chi connectivity index (χ0v) is 10.1. The Bertz CT molecular complexity index is 315. The summed E-state index contributed by atoms with van der Waals surface area (Å²) < 4.78 is 5.39. The number of nitrogen functional groups attached to an aromatic ring is 1. The molecule has 4 nitrogen and oxygen atoms in total. The van der Waals surface area contributed by atoms with Gasteiger partial charge in [0.2, 0.25) is 0 Å². The van der Waals surface area contributed by atoms with E-state index < -0.39 is 0 Å². The molecular formula is C12H21N3O. The Morgan fingerprint density at radius 1 is 1.44 bits per heavy atom. The van der Waals surface area contributed by atoms with Crippen molar-refractivity contribution >= 4 is 11.5 Å². The molecule has 0 bridgehead atoms. The van der Waals surface area contributed by atoms with Crippen LogP contribution in [0.4, 0.5) is 11.5 Å². The first-order valence-corrected chi connectivity index (χ1v) is 5.77. The van der Waals surface area contributed by atoms with E-state index in [-0.39, 0.29) is 0 Å². The van der Waals surface area contributed by atoms with Gasteiger partial charge in [0.25, 0.3) is 0 Å². The lowest BCUT2D eigenvalue weighted by molar-refractivity contribution is 0.134. The fourth-order valence-electron chi connectivity index (χ4n) is 1.41. The van der Waals surface area contributed by atoms with Crippen LogP contribution in [0.25, 0.3) is 0 Å². The number of rotatable bonds is 7. The fourth-order valence-corrected chi connectivity index (χ4v) is 1.41. The standard InChI is InChI=1S/C12H21N3O/c1-3-6-16-7-4-5-14-12-10(2)8-11(13)9-15-12/h8-9H,3-7,13H2,1-2H3,(H,14,15). The van der Waals surface area contributed by atoms with Gasteiger partial charge < -0.3 is 15.8 Å². The number of aromatic nitrogens is 1. The van der Waals surface area contributed by atoms with Crippen LogP contribution in [0.3, 0.4) is 0 Å². The van der Waals surface area contributed by atoms with Crippen LogP contribution in [-0.4, -0.2) is 24.7 Å². The zero-order valence-electron chi connectivity index (χ0n) is 10.1. The Morgan fingerprint density at radius 3 is 2.94 bits per heavy atom. The number of hydrogen-bond donors (Lipinski definition) is 2. The maximum absolute atomic E-state index is 5.63. The monoisotopic (exact) mass is 223 g/mol. The number of pyridine rings is 1. The van der Waals surface area contributed by atoms with E-state index in [2.05, 4.69) is 17.2 Å². The molecule has 0 aliphatic rings. The maximum Gasteiger partial charge on any atom is 0.128 e. The summed E-state index contributed by atoms with van der Waals surface area (Å²) in [5.74, 6) is 0.907. The summed E-state index contributed by atoms with van der Waals surface area (Å²) >= 11 is 0. The lowest BCUT2D eigenvalue weighted by Gasteiger charge is -2.08. The number of hydrogen-bond acceptors (Lipinski definition) is 4. The molecule has 1 aromatic rings. The molecule has 1 heterocycles. The van der Waals surface area contributed by atoms with Crippen molar-refractivity contribution in [2.24, 2.45) is 0 Å². The molecule has 0 saturated heterocycles. The largest absolute Gasteiger partial charge is 0.397 e. The number of nitrogens with zero attached hydrogens (tertiary/aromatic N) is 1. The normalized spacial score (nSPS) is 10.4. The van der Waals surface area contributed by atoms with Crippen LogP contribution in [0.15, 0.2) is 12.3 Å². The molecular weight excluding hydrogens is 202 g/mol. The lowest BCUT2D eigenvalue weighted by atomic mass is 10.2. The van der Waals surface area contributed by atoms with Crippen molar-refractivity contribution in [1.82, 2.24) is 4.98 Å². The van der Waals surface area contributed by atoms with Crippen LogP contribution in [0.1, 0.15) is 25.3 Å². The second-order valence-electron chi connectivity index (χ2n) is 3.83. The first-order chi connectivity index (χ1) is 7.74. The van der Waals surface area contributed by atoms with Crippen molar-refractivity contribution in [3.8, 4) is 0 Å². The van der Waals surface area contributed by atoms with E-state index in [9.17, 15) is 0 Å². The minimum atomic E-state index is 0.703. The third kappa shape index (κ3) is 4.49. The van der Waals surface area contributed by atoms with E-state index in [0.717, 1.165) is 44.0 Å². The van der Waals surface area contributed by atoms with Gasteiger partial charge in [0.15, 0.2) is 0 Å². The molecule has 0 radical (unpaired) electrons. The lowest BCUT2D eigenvalue weighted by Crippen LogP contribution is -2.08. The molecule has 0 amide bonds. The van der Waals surface area contributed by atoms with Gasteiger partial charge in [-0.2, -0.15) is 0 Å². The van der Waals surface area contributed by atoms with Crippen molar-refractivity contribution in [3.05, 3.63) is 17.8 Å². The predicted octanol–water partition coefficient (Wildman–Crippen LogP) is 2.20. The molecule has 0 spiro atoms. The van der Waals surface area contributed by atoms with Gasteiger partial charge in [-0.15, -0.1) is 0 Å². The Morgan fingerprint density at radius 2 is 2.25 bits per heavy atom. The van der Waals surface area contributed by atoms with E-state index in [1.807, 2.05) is 13.0 Å². The quantitative estimate of drug-likeness (QED) is 0.696. The van der Waals surface area contributed by atoms with Gasteiger partial charge in [0.05, 0.1) is 11.9 Å². The SMILES string of the molecule is CCCOCCCNc1ncc(N)cc1C. The van der Waals surface area contributed by atoms with Gasteiger partial charge >= 0.3 is 0 Å². The molecule has 3 N–H and O–H groups in total. The highest BCUT2D eigenvalue weighted by Gasteiger charge is 1.98. The molecule has 0 saturated carbocycles. The van der Waals surface area contributed by atoms with E-state index in [1.165, 1.54) is 0 Å². The molecule has 0 aliphatic heterocycles. The first-order valence-electron chi connectivity index (χ1n) is 5.77. The van der Waals surface area contributed by atoms with Crippen molar-refractivity contribution in [2.75, 3.05) is 30.8 Å². The molecule has 0 atom stereocenters. The topological polar surface area (TPSA) is 60.2 Å². The van der Waals surface area contributed by atoms with Crippen molar-refractivity contribution in [1.29, 1.82) is 0 Å². The highest BCUT2D eigenvalue weighted by Crippen LogP contribution is 2.13. The molecule has 0 aliphatic carbocycles. The van der Waals surface area contributed by atoms with Gasteiger partial charge in [-0.05, 0) is 31.4 Å². The maximum atomic E-state index is 5.63. The first kappa shape index (κ1) is 12.8. The average Bonchev–Trinajstić information content (AvgIpc) is 2.26. The average molecular weight is 223 g/mol. The Labute approximate surface area is 97.2 Å². The minimum absolute atomic E-state index is 0.703. The van der Waals surface area contributed by atoms with E-state index >= 15 is 0 Å². The van der Waals surface area contributed by atoms with Gasteiger partial charge in [-0.3, -0.25) is 0 Å². The summed E-state index contributed by atoms with van der Waals surface area (Å²) in [4.78, 5) is 4.23. The number of nitrogens with one attached hydrogen (secondary N) is 1. The van der Waals surface area contributed by atoms with E-state index in [0.29, 0.717) is 5.69 Å². The minimum Gasteiger partial charge on any atom is -0.397 e. The highest BCUT2D eigenvalue weighted by molar-refractivity contribution is 5.50. The molecule has 16 heavy (non-hydrogen) atoms. The van der Waals surface area contributed by atoms with Gasteiger partial charge in [-0.1, -0.05) is 6.92 Å². The molecule has 1 rings (SSSR count). The third-order valence-electron chi connectivity index (χ3n) is 2.21. The van der Waals surface area contributed by atoms with Crippen LogP contribution in [0.5, 0.6) is 0 Å². The van der Waals surface area contributed by atoms with Crippen LogP contribution in [0, 0.1) is 6.92 Å². The van der Waals surface area contributed by atoms with Gasteiger partial charge in [0, 0.05) is 19.8 Å². The van der Waals surface area contributed by atoms with Gasteiger partial charge in [-0.25, -0.2) is 4.98 Å². The molecule has 0 aromatic carbocycles. The number of ether oxygens (including phenoxy) is 1. The van der Waals surface area contributed by atoms with Crippen LogP contribution in [0.2, 0.25) is 0 Å². The molecule has 90 valence electrons. The summed E-state index contributed by atoms with van der Waals surface area (Å²) in [7, 11) is 0. The van der Waals surface area contributed by atoms with Crippen LogP contribution in [-0.2, 0) is 4.74 Å². The van der Waals surface area contributed by atoms with Gasteiger partial charge in [0.1, 0.15) is 5.82 Å². The third-order valence-corrected chi connectivity index (χ3v) is 2.21. The van der Waals surface area contributed by atoms with Crippen LogP contribution >= 0.6 is 0 Å². The second kappa shape index (κ2) is 7.06. The number of nitrogens with two attached hydrogens (primary N) is 1. The van der Waals surface area contributed by atoms with Crippen molar-refractivity contribution in [2.45, 2.75) is 26.7 Å². The zero-order chi connectivity index (χ0) is 11.8. The molecule has 4 heteroatoms. The molecule has 0 unspecified atom stereocenters. The van der Waals surface area contributed by atoms with Crippen molar-refractivity contribution in [3.63, 3.8) is 0 Å². The Hall–Kier alpha value is -1.29. The second-order valence-corrected chi connectivity index (χ2v) is 3.83. The number of anilines is 2. The number of aryl methyl sites for hydroxylation is 1. The Kier molecular flexibility index (Phi) is 5.64. The van der Waals surface area contributed by atoms with Crippen LogP contribution < -0.4 is 11.1 Å². The highest BCUT2D eigenvalue weighted by atomic mass is 16.5. The smallest absolute Gasteiger partial charge is 0.128 e. The summed E-state index contributed by atoms with van der Waals surface area (Å²) in [6, 6.07) is 1.92. The Balaban J connectivity index is 2.21. The van der Waals surface area contributed by atoms with E-state index in [1.54, 1.807) is 6.20 Å². The molecule has 1 aromatic heterocycles. The summed E-state index contributed by atoms with van der Waals surface area (Å²) in [6.07, 6.45) is 3.74. The van der Waals surface area contributed by atoms with E-state index in [4.69, 9.17) is 10.5 Å². The fraction of sp³-hybridized carbons (Fsp3) is 0.583. The predicted molar refractivity (Wildman–Crippen MR) is 67.6 cm³/mol. The summed E-state index contributed by atoms with van der Waals surface area (Å²) in [6.45, 7) is 6.63. The summed E-state index contributed by atoms with van der Waals surface area (Å²) in [5, 5.41) is 3.27.